The summed E-state index contributed by atoms with van der Waals surface area (Å²) in [6.07, 6.45) is 0. The maximum Gasteiger partial charge on any atom is 0.110 e. The van der Waals surface area contributed by atoms with Crippen molar-refractivity contribution in [3.63, 3.8) is 0 Å². The Morgan fingerprint density at radius 3 is 2.53 bits per heavy atom. The van der Waals surface area contributed by atoms with Gasteiger partial charge in [-0.25, -0.2) is 4.98 Å². The smallest absolute Gasteiger partial charge is 0.110 e. The quantitative estimate of drug-likeness (QED) is 0.879. The van der Waals surface area contributed by atoms with Crippen molar-refractivity contribution in [2.24, 2.45) is 0 Å². The highest BCUT2D eigenvalue weighted by Gasteiger charge is 2.14. The Bertz CT molecular complexity index is 448. The van der Waals surface area contributed by atoms with Gasteiger partial charge < -0.3 is 5.32 Å². The van der Waals surface area contributed by atoms with Crippen LogP contribution in [0.4, 0.5) is 0 Å². The summed E-state index contributed by atoms with van der Waals surface area (Å²) in [6.45, 7) is 6.39. The first-order valence-corrected chi connectivity index (χ1v) is 8.03. The van der Waals surface area contributed by atoms with Crippen LogP contribution < -0.4 is 5.32 Å². The normalized spacial score (nSPS) is 14.8. The van der Waals surface area contributed by atoms with Crippen LogP contribution in [0.15, 0.2) is 21.3 Å². The van der Waals surface area contributed by atoms with Gasteiger partial charge in [-0.15, -0.1) is 22.7 Å². The lowest BCUT2D eigenvalue weighted by Crippen LogP contribution is -2.21. The molecule has 1 N–H and O–H groups in total. The first-order valence-electron chi connectivity index (χ1n) is 5.48. The standard InChI is InChI=1S/C12H15BrN2S2/c1-7-5-17-12(14-7)9(3)15-8(2)11-4-10(13)6-16-11/h4-6,8-9,15H,1-3H3. The molecule has 0 aromatic carbocycles. The Labute approximate surface area is 118 Å². The molecule has 2 atom stereocenters. The third kappa shape index (κ3) is 3.37. The molecule has 17 heavy (non-hydrogen) atoms. The van der Waals surface area contributed by atoms with Gasteiger partial charge in [-0.2, -0.15) is 0 Å². The van der Waals surface area contributed by atoms with Gasteiger partial charge in [0.2, 0.25) is 0 Å². The number of thiazole rings is 1. The highest BCUT2D eigenvalue weighted by molar-refractivity contribution is 9.10. The predicted octanol–water partition coefficient (Wildman–Crippen LogP) is 4.69. The lowest BCUT2D eigenvalue weighted by atomic mass is 10.2. The van der Waals surface area contributed by atoms with Gasteiger partial charge in [-0.05, 0) is 42.8 Å². The summed E-state index contributed by atoms with van der Waals surface area (Å²) in [5.74, 6) is 0. The Balaban J connectivity index is 2.01. The fourth-order valence-electron chi connectivity index (χ4n) is 1.65. The maximum atomic E-state index is 4.51. The summed E-state index contributed by atoms with van der Waals surface area (Å²) in [5.41, 5.74) is 1.10. The molecule has 0 saturated heterocycles. The molecule has 0 aliphatic carbocycles. The number of hydrogen-bond acceptors (Lipinski definition) is 4. The van der Waals surface area contributed by atoms with Gasteiger partial charge in [0.15, 0.2) is 0 Å². The Hall–Kier alpha value is -0.230. The lowest BCUT2D eigenvalue weighted by Gasteiger charge is -2.17. The van der Waals surface area contributed by atoms with E-state index in [1.807, 2.05) is 6.92 Å². The van der Waals surface area contributed by atoms with Crippen molar-refractivity contribution in [2.75, 3.05) is 0 Å². The fourth-order valence-corrected chi connectivity index (χ4v) is 3.93. The SMILES string of the molecule is Cc1csc(C(C)NC(C)c2cc(Br)cs2)n1. The van der Waals surface area contributed by atoms with Crippen LogP contribution in [0.2, 0.25) is 0 Å². The summed E-state index contributed by atoms with van der Waals surface area (Å²) in [6, 6.07) is 2.82. The van der Waals surface area contributed by atoms with Crippen LogP contribution in [0.1, 0.15) is 41.5 Å². The molecule has 0 aliphatic rings. The third-order valence-corrected chi connectivity index (χ3v) is 5.54. The topological polar surface area (TPSA) is 24.9 Å². The second-order valence-corrected chi connectivity index (χ2v) is 6.85. The number of halogens is 1. The zero-order valence-corrected chi connectivity index (χ0v) is 13.2. The fraction of sp³-hybridized carbons (Fsp3) is 0.417. The second kappa shape index (κ2) is 5.61. The number of hydrogen-bond donors (Lipinski definition) is 1. The highest BCUT2D eigenvalue weighted by atomic mass is 79.9. The average Bonchev–Trinajstić information content (AvgIpc) is 2.87. The summed E-state index contributed by atoms with van der Waals surface area (Å²) in [5, 5.41) is 8.95. The van der Waals surface area contributed by atoms with Crippen molar-refractivity contribution >= 4 is 38.6 Å². The minimum absolute atomic E-state index is 0.296. The highest BCUT2D eigenvalue weighted by Crippen LogP contribution is 2.28. The number of thiophene rings is 1. The molecule has 2 heterocycles. The van der Waals surface area contributed by atoms with Crippen molar-refractivity contribution in [2.45, 2.75) is 32.9 Å². The summed E-state index contributed by atoms with van der Waals surface area (Å²) in [7, 11) is 0. The van der Waals surface area contributed by atoms with E-state index in [9.17, 15) is 0 Å². The van der Waals surface area contributed by atoms with Crippen LogP contribution in [-0.4, -0.2) is 4.98 Å². The maximum absolute atomic E-state index is 4.51. The summed E-state index contributed by atoms with van der Waals surface area (Å²) >= 11 is 6.98. The van der Waals surface area contributed by atoms with Crippen molar-refractivity contribution in [1.29, 1.82) is 0 Å². The predicted molar refractivity (Wildman–Crippen MR) is 78.8 cm³/mol. The van der Waals surface area contributed by atoms with Gasteiger partial charge in [0.25, 0.3) is 0 Å². The van der Waals surface area contributed by atoms with Crippen LogP contribution in [0.25, 0.3) is 0 Å². The van der Waals surface area contributed by atoms with E-state index >= 15 is 0 Å². The van der Waals surface area contributed by atoms with E-state index in [2.05, 4.69) is 56.9 Å². The van der Waals surface area contributed by atoms with Crippen LogP contribution in [0.3, 0.4) is 0 Å². The van der Waals surface area contributed by atoms with E-state index in [4.69, 9.17) is 0 Å². The number of aryl methyl sites for hydroxylation is 1. The van der Waals surface area contributed by atoms with Crippen molar-refractivity contribution in [3.05, 3.63) is 36.9 Å². The molecule has 2 rings (SSSR count). The number of nitrogens with one attached hydrogen (secondary N) is 1. The number of rotatable bonds is 4. The Morgan fingerprint density at radius 2 is 2.00 bits per heavy atom. The summed E-state index contributed by atoms with van der Waals surface area (Å²) in [4.78, 5) is 5.86. The van der Waals surface area contributed by atoms with Gasteiger partial charge in [-0.3, -0.25) is 0 Å². The molecule has 0 saturated carbocycles. The van der Waals surface area contributed by atoms with E-state index in [-0.39, 0.29) is 0 Å². The molecule has 0 aliphatic heterocycles. The average molecular weight is 331 g/mol. The minimum Gasteiger partial charge on any atom is -0.301 e. The first-order chi connectivity index (χ1) is 8.06. The minimum atomic E-state index is 0.296. The van der Waals surface area contributed by atoms with Crippen molar-refractivity contribution < 1.29 is 0 Å². The van der Waals surface area contributed by atoms with Gasteiger partial charge in [-0.1, -0.05) is 0 Å². The molecule has 0 radical (unpaired) electrons. The first kappa shape index (κ1) is 13.2. The molecule has 2 aromatic heterocycles. The van der Waals surface area contributed by atoms with Crippen LogP contribution in [0.5, 0.6) is 0 Å². The molecule has 2 nitrogen and oxygen atoms in total. The van der Waals surface area contributed by atoms with Gasteiger partial charge >= 0.3 is 0 Å². The number of aromatic nitrogens is 1. The molecule has 0 amide bonds. The monoisotopic (exact) mass is 330 g/mol. The van der Waals surface area contributed by atoms with E-state index in [0.29, 0.717) is 12.1 Å². The molecule has 0 bridgehead atoms. The summed E-state index contributed by atoms with van der Waals surface area (Å²) < 4.78 is 1.16. The van der Waals surface area contributed by atoms with E-state index < -0.39 is 0 Å². The molecule has 5 heteroatoms. The zero-order chi connectivity index (χ0) is 12.4. The van der Waals surface area contributed by atoms with Crippen LogP contribution in [0, 0.1) is 6.92 Å². The molecule has 2 unspecified atom stereocenters. The molecule has 2 aromatic rings. The van der Waals surface area contributed by atoms with Crippen molar-refractivity contribution in [1.82, 2.24) is 10.3 Å². The van der Waals surface area contributed by atoms with E-state index in [0.717, 1.165) is 15.2 Å². The molecule has 0 fully saturated rings. The zero-order valence-electron chi connectivity index (χ0n) is 10.0. The van der Waals surface area contributed by atoms with Gasteiger partial charge in [0, 0.05) is 31.8 Å². The van der Waals surface area contributed by atoms with E-state index in [1.54, 1.807) is 22.7 Å². The third-order valence-electron chi connectivity index (χ3n) is 2.52. The molecule has 92 valence electrons. The lowest BCUT2D eigenvalue weighted by molar-refractivity contribution is 0.498. The van der Waals surface area contributed by atoms with Crippen LogP contribution >= 0.6 is 38.6 Å². The largest absolute Gasteiger partial charge is 0.301 e. The second-order valence-electron chi connectivity index (χ2n) is 4.10. The van der Waals surface area contributed by atoms with Crippen molar-refractivity contribution in [3.8, 4) is 0 Å². The van der Waals surface area contributed by atoms with Gasteiger partial charge in [0.05, 0.1) is 6.04 Å². The molecule has 0 spiro atoms. The molecular formula is C12H15BrN2S2. The van der Waals surface area contributed by atoms with Crippen LogP contribution in [-0.2, 0) is 0 Å². The van der Waals surface area contributed by atoms with Gasteiger partial charge in [0.1, 0.15) is 5.01 Å². The molecular weight excluding hydrogens is 316 g/mol. The Kier molecular flexibility index (Phi) is 4.36. The van der Waals surface area contributed by atoms with E-state index in [1.165, 1.54) is 4.88 Å². The number of nitrogens with zero attached hydrogens (tertiary/aromatic N) is 1. The Morgan fingerprint density at radius 1 is 1.24 bits per heavy atom.